The molecule has 8 aliphatic carbocycles. The molecule has 0 bridgehead atoms. The maximum atomic E-state index is 14.0. The Hall–Kier alpha value is -1.92. The van der Waals surface area contributed by atoms with Crippen LogP contribution in [0, 0.1) is 64.1 Å². The molecule has 0 radical (unpaired) electrons. The molecule has 0 saturated heterocycles. The molecule has 16 unspecified atom stereocenters. The predicted molar refractivity (Wildman–Crippen MR) is 192 cm³/mol. The molecule has 1 aliphatic heterocycles. The Balaban J connectivity index is 1.16. The zero-order valence-electron chi connectivity index (χ0n) is 30.9. The molecular formula is C42H60N2O8. The van der Waals surface area contributed by atoms with Crippen molar-refractivity contribution in [1.29, 1.82) is 0 Å². The smallest absolute Gasteiger partial charge is 0.331 e. The number of hydrogen-bond donors (Lipinski definition) is 7. The van der Waals surface area contributed by atoms with Gasteiger partial charge < -0.3 is 45.7 Å². The summed E-state index contributed by atoms with van der Waals surface area (Å²) in [7, 11) is 1.89. The first kappa shape index (κ1) is 35.8. The second-order valence-electron chi connectivity index (χ2n) is 18.9. The number of aliphatic hydroxyl groups excluding tert-OH is 2. The van der Waals surface area contributed by atoms with Crippen molar-refractivity contribution in [3.8, 4) is 0 Å². The molecule has 0 spiro atoms. The Bertz CT molecular complexity index is 1570. The highest BCUT2D eigenvalue weighted by Gasteiger charge is 2.84. The molecular weight excluding hydrogens is 660 g/mol. The van der Waals surface area contributed by atoms with Crippen molar-refractivity contribution in [2.24, 2.45) is 64.1 Å². The maximum absolute atomic E-state index is 14.0. The summed E-state index contributed by atoms with van der Waals surface area (Å²) in [5.41, 5.74) is -6.36. The molecule has 1 heterocycles. The van der Waals surface area contributed by atoms with Crippen LogP contribution >= 0.6 is 0 Å². The van der Waals surface area contributed by atoms with Crippen LogP contribution in [0.2, 0.25) is 0 Å². The highest BCUT2D eigenvalue weighted by atomic mass is 16.5. The SMILES string of the molecule is CNCCNCC1=CC2CC3(O)C(C)(CCC4C5(C=O)CCC(O)C6CC7C=CCC(C8CCCC8)C7CC(C(O)C43O)C65O)C2C2=CC(=O)OC12. The molecule has 6 fully saturated rings. The van der Waals surface area contributed by atoms with Crippen LogP contribution in [-0.2, 0) is 14.3 Å². The molecule has 0 aromatic rings. The lowest BCUT2D eigenvalue weighted by molar-refractivity contribution is -0.373. The van der Waals surface area contributed by atoms with Crippen LogP contribution in [0.5, 0.6) is 0 Å². The van der Waals surface area contributed by atoms with Crippen molar-refractivity contribution >= 4 is 12.3 Å². The Morgan fingerprint density at radius 2 is 1.75 bits per heavy atom. The largest absolute Gasteiger partial charge is 0.450 e. The van der Waals surface area contributed by atoms with Crippen LogP contribution in [0.3, 0.4) is 0 Å². The number of carbonyl (C=O) groups is 2. The number of ether oxygens (including phenoxy) is 1. The number of allylic oxidation sites excluding steroid dienone is 3. The average molecular weight is 721 g/mol. The van der Waals surface area contributed by atoms with Crippen molar-refractivity contribution in [2.45, 2.75) is 119 Å². The second kappa shape index (κ2) is 12.3. The van der Waals surface area contributed by atoms with E-state index in [-0.39, 0.29) is 36.5 Å². The fraction of sp³-hybridized carbons (Fsp3) is 0.810. The van der Waals surface area contributed by atoms with E-state index in [0.717, 1.165) is 36.9 Å². The van der Waals surface area contributed by atoms with Gasteiger partial charge in [-0.3, -0.25) is 0 Å². The van der Waals surface area contributed by atoms with Crippen molar-refractivity contribution in [3.05, 3.63) is 35.5 Å². The monoisotopic (exact) mass is 720 g/mol. The first-order valence-electron chi connectivity index (χ1n) is 20.5. The van der Waals surface area contributed by atoms with Gasteiger partial charge in [-0.2, -0.15) is 0 Å². The third kappa shape index (κ3) is 4.37. The Morgan fingerprint density at radius 3 is 2.50 bits per heavy atom. The summed E-state index contributed by atoms with van der Waals surface area (Å²) in [6.07, 6.45) is 14.3. The fourth-order valence-electron chi connectivity index (χ4n) is 15.3. The van der Waals surface area contributed by atoms with Crippen molar-refractivity contribution < 1.29 is 39.9 Å². The van der Waals surface area contributed by atoms with Gasteiger partial charge >= 0.3 is 5.97 Å². The van der Waals surface area contributed by atoms with E-state index in [1.54, 1.807) is 6.08 Å². The lowest BCUT2D eigenvalue weighted by atomic mass is 9.35. The first-order valence-corrected chi connectivity index (χ1v) is 20.5. The van der Waals surface area contributed by atoms with Crippen molar-refractivity contribution in [2.75, 3.05) is 26.7 Å². The number of likely N-dealkylation sites (N-methyl/N-ethyl adjacent to an activating group) is 1. The second-order valence-corrected chi connectivity index (χ2v) is 18.9. The quantitative estimate of drug-likeness (QED) is 0.0899. The van der Waals surface area contributed by atoms with Gasteiger partial charge in [-0.1, -0.05) is 50.8 Å². The molecule has 52 heavy (non-hydrogen) atoms. The van der Waals surface area contributed by atoms with Gasteiger partial charge in [0.2, 0.25) is 0 Å². The highest BCUT2D eigenvalue weighted by Crippen LogP contribution is 2.76. The summed E-state index contributed by atoms with van der Waals surface area (Å²) in [5, 5.41) is 72.0. The number of aliphatic hydroxyl groups is 5. The molecule has 10 heteroatoms. The van der Waals surface area contributed by atoms with Gasteiger partial charge in [0.05, 0.1) is 23.2 Å². The van der Waals surface area contributed by atoms with Crippen LogP contribution < -0.4 is 10.6 Å². The molecule has 10 nitrogen and oxygen atoms in total. The summed E-state index contributed by atoms with van der Waals surface area (Å²) in [6.45, 7) is 4.01. The normalized spacial score (nSPS) is 53.3. The van der Waals surface area contributed by atoms with E-state index < -0.39 is 69.7 Å². The molecule has 286 valence electrons. The van der Waals surface area contributed by atoms with Crippen LogP contribution in [0.4, 0.5) is 0 Å². The molecule has 0 amide bonds. The highest BCUT2D eigenvalue weighted by molar-refractivity contribution is 5.87. The lowest BCUT2D eigenvalue weighted by Crippen LogP contribution is -2.85. The maximum Gasteiger partial charge on any atom is 0.331 e. The zero-order valence-corrected chi connectivity index (χ0v) is 30.9. The summed E-state index contributed by atoms with van der Waals surface area (Å²) in [4.78, 5) is 26.8. The third-order valence-electron chi connectivity index (χ3n) is 17.4. The van der Waals surface area contributed by atoms with Gasteiger partial charge in [0.15, 0.2) is 0 Å². The molecule has 0 aromatic heterocycles. The fourth-order valence-corrected chi connectivity index (χ4v) is 15.3. The van der Waals surface area contributed by atoms with Crippen LogP contribution in [0.25, 0.3) is 0 Å². The van der Waals surface area contributed by atoms with E-state index in [1.165, 1.54) is 25.7 Å². The number of carbonyl (C=O) groups excluding carboxylic acids is 2. The number of esters is 1. The van der Waals surface area contributed by atoms with E-state index in [2.05, 4.69) is 28.9 Å². The summed E-state index contributed by atoms with van der Waals surface area (Å²) in [6, 6.07) is 0. The number of nitrogens with one attached hydrogen (secondary N) is 2. The van der Waals surface area contributed by atoms with Crippen molar-refractivity contribution in [1.82, 2.24) is 10.6 Å². The number of rotatable bonds is 7. The third-order valence-corrected chi connectivity index (χ3v) is 17.4. The van der Waals surface area contributed by atoms with Crippen molar-refractivity contribution in [3.63, 3.8) is 0 Å². The van der Waals surface area contributed by atoms with Gasteiger partial charge in [-0.15, -0.1) is 0 Å². The first-order chi connectivity index (χ1) is 24.9. The Kier molecular flexibility index (Phi) is 8.45. The minimum atomic E-state index is -2.12. The lowest BCUT2D eigenvalue weighted by Gasteiger charge is -2.72. The van der Waals surface area contributed by atoms with Crippen LogP contribution in [-0.4, -0.2) is 99.6 Å². The van der Waals surface area contributed by atoms with E-state index in [0.29, 0.717) is 50.5 Å². The van der Waals surface area contributed by atoms with Gasteiger partial charge in [0, 0.05) is 48.9 Å². The van der Waals surface area contributed by atoms with E-state index in [1.807, 2.05) is 14.0 Å². The van der Waals surface area contributed by atoms with Gasteiger partial charge in [0.25, 0.3) is 0 Å². The number of hydrogen-bond acceptors (Lipinski definition) is 10. The molecule has 6 saturated carbocycles. The van der Waals surface area contributed by atoms with E-state index in [4.69, 9.17) is 4.74 Å². The Morgan fingerprint density at radius 1 is 0.962 bits per heavy atom. The minimum absolute atomic E-state index is 0.0942. The standard InChI is InChI=1S/C42H60N2O8/c1-38-12-11-33-39(22-45)13-10-32(46)30-17-24-8-5-9-27(23-6-3-4-7-23)28(24)18-31(41(30,39)50)37(48)42(33,51)40(38,49)20-25-16-26(21-44-15-14-43-2)36-29(35(25)38)19-34(47)52-36/h5,8,16,19,22-25,27-28,30-33,35-37,43-44,46,48-51H,3-4,6-7,9-15,17-18,20-21H2,1-2H3. The minimum Gasteiger partial charge on any atom is -0.450 e. The van der Waals surface area contributed by atoms with Gasteiger partial charge in [-0.25, -0.2) is 4.79 Å². The van der Waals surface area contributed by atoms with Crippen LogP contribution in [0.15, 0.2) is 35.5 Å². The summed E-state index contributed by atoms with van der Waals surface area (Å²) >= 11 is 0. The molecule has 0 aromatic carbocycles. The molecule has 9 rings (SSSR count). The number of aldehydes is 1. The summed E-state index contributed by atoms with van der Waals surface area (Å²) in [5.74, 6) is -2.28. The van der Waals surface area contributed by atoms with E-state index >= 15 is 0 Å². The summed E-state index contributed by atoms with van der Waals surface area (Å²) < 4.78 is 5.89. The predicted octanol–water partition coefficient (Wildman–Crippen LogP) is 2.57. The molecule has 9 aliphatic rings. The molecule has 16 atom stereocenters. The average Bonchev–Trinajstić information content (AvgIpc) is 3.82. The number of fused-ring (bicyclic) bond motifs is 9. The topological polar surface area (TPSA) is 169 Å². The van der Waals surface area contributed by atoms with E-state index in [9.17, 15) is 35.1 Å². The van der Waals surface area contributed by atoms with Gasteiger partial charge in [0.1, 0.15) is 23.6 Å². The Labute approximate surface area is 307 Å². The van der Waals surface area contributed by atoms with Gasteiger partial charge in [-0.05, 0) is 105 Å². The zero-order chi connectivity index (χ0) is 36.4. The molecule has 7 N–H and O–H groups in total. The van der Waals surface area contributed by atoms with Crippen LogP contribution in [0.1, 0.15) is 84.0 Å².